The van der Waals surface area contributed by atoms with Crippen molar-refractivity contribution in [3.05, 3.63) is 83.9 Å². The molecule has 11 aliphatic rings. The van der Waals surface area contributed by atoms with Crippen LogP contribution in [0.15, 0.2) is 72.8 Å². The number of carbonyl (C=O) groups excluding carboxylic acids is 6. The molecule has 666 valence electrons. The van der Waals surface area contributed by atoms with Gasteiger partial charge in [-0.05, 0) is 91.8 Å². The molecule has 0 saturated carbocycles. The van der Waals surface area contributed by atoms with Crippen LogP contribution in [0.1, 0.15) is 101 Å². The zero-order valence-corrected chi connectivity index (χ0v) is 76.3. The van der Waals surface area contributed by atoms with Crippen LogP contribution < -0.4 is 125 Å². The molecule has 3 aromatic carbocycles. The fourth-order valence-electron chi connectivity index (χ4n) is 11.8. The largest absolute Gasteiger partial charge is 1.00 e. The normalized spacial score (nSPS) is 22.8. The Bertz CT molecular complexity index is 3550. The van der Waals surface area contributed by atoms with E-state index in [1.807, 2.05) is 12.1 Å². The maximum Gasteiger partial charge on any atom is 1.00 e. The molecule has 11 unspecified atom stereocenters. The minimum absolute atomic E-state index is 0. The molecule has 11 atom stereocenters. The predicted molar refractivity (Wildman–Crippen MR) is 413 cm³/mol. The Morgan fingerprint density at radius 1 is 0.488 bits per heavy atom. The number of anilines is 3. The van der Waals surface area contributed by atoms with Gasteiger partial charge in [0.05, 0.1) is 189 Å². The van der Waals surface area contributed by atoms with Crippen LogP contribution in [0.25, 0.3) is 0 Å². The summed E-state index contributed by atoms with van der Waals surface area (Å²) in [7, 11) is -1.87. The second-order valence-electron chi connectivity index (χ2n) is 29.4. The van der Waals surface area contributed by atoms with Gasteiger partial charge in [-0.2, -0.15) is 9.34 Å². The number of unbranched alkanes of at least 4 members (excludes halogenated alkanes) is 6. The first-order valence-electron chi connectivity index (χ1n) is 39.9. The van der Waals surface area contributed by atoms with Crippen LogP contribution in [-0.4, -0.2) is 308 Å². The summed E-state index contributed by atoms with van der Waals surface area (Å²) < 4.78 is 121. The van der Waals surface area contributed by atoms with E-state index in [-0.39, 0.29) is 108 Å². The van der Waals surface area contributed by atoms with Gasteiger partial charge in [-0.25, -0.2) is 24.0 Å². The number of imide groups is 2. The smallest absolute Gasteiger partial charge is 1.00 e. The van der Waals surface area contributed by atoms with E-state index in [1.54, 1.807) is 14.2 Å². The summed E-state index contributed by atoms with van der Waals surface area (Å²) >= 11 is 0.364. The second kappa shape index (κ2) is 56.4. The Hall–Kier alpha value is -4.78. The summed E-state index contributed by atoms with van der Waals surface area (Å²) in [5, 5.41) is 21.3. The number of benzene rings is 3. The van der Waals surface area contributed by atoms with E-state index >= 15 is 0 Å². The number of nitrogens with two attached hydrogens (primary N) is 2. The molecule has 0 bridgehead atoms. The molecular weight excluding hydrogens is 1690 g/mol. The van der Waals surface area contributed by atoms with Crippen molar-refractivity contribution in [3.8, 4) is 5.75 Å². The van der Waals surface area contributed by atoms with Crippen molar-refractivity contribution < 1.29 is 232 Å². The topological polar surface area (TPSA) is 467 Å². The maximum absolute atomic E-state index is 12.0. The number of hydrogen-bond acceptors (Lipinski definition) is 33. The monoisotopic (exact) mass is 1800 g/mol. The van der Waals surface area contributed by atoms with Crippen LogP contribution in [-0.2, 0) is 131 Å². The molecule has 37 nitrogen and oxygen atoms in total. The number of hydrazine groups is 1. The van der Waals surface area contributed by atoms with E-state index < -0.39 is 62.5 Å². The number of hydrogen-bond donors (Lipinski definition) is 3. The number of methoxy groups -OCH3 is 2. The fraction of sp³-hybridized carbons (Fsp3) is 0.667. The number of carbonyl (C=O) groups is 6. The molecule has 0 radical (unpaired) electrons. The van der Waals surface area contributed by atoms with E-state index in [0.29, 0.717) is 175 Å². The van der Waals surface area contributed by atoms with E-state index in [4.69, 9.17) is 86.6 Å². The second-order valence-corrected chi connectivity index (χ2v) is 31.8. The average molecular weight is 1810 g/mol. The Kier molecular flexibility index (Phi) is 49.0. The molecule has 11 saturated heterocycles. The molecule has 3 aromatic rings. The molecule has 0 spiro atoms. The molecule has 0 aromatic heterocycles. The summed E-state index contributed by atoms with van der Waals surface area (Å²) in [6, 6.07) is 26.2. The van der Waals surface area contributed by atoms with Crippen molar-refractivity contribution in [1.82, 2.24) is 15.5 Å². The Labute approximate surface area is 766 Å². The predicted octanol–water partition coefficient (Wildman–Crippen LogP) is -12.2. The zero-order chi connectivity index (χ0) is 82.7. The molecule has 11 heterocycles. The van der Waals surface area contributed by atoms with Crippen molar-refractivity contribution in [2.75, 3.05) is 187 Å². The summed E-state index contributed by atoms with van der Waals surface area (Å²) in [5.74, 6) is -3.32. The first kappa shape index (κ1) is 105. The molecule has 43 heteroatoms. The Morgan fingerprint density at radius 2 is 0.843 bits per heavy atom. The molecular formula is C78H112Cl2N8Na2O29S2. The third-order valence-electron chi connectivity index (χ3n) is 19.3. The van der Waals surface area contributed by atoms with E-state index in [2.05, 4.69) is 95.0 Å². The first-order chi connectivity index (χ1) is 56.7. The van der Waals surface area contributed by atoms with Gasteiger partial charge < -0.3 is 130 Å². The van der Waals surface area contributed by atoms with Gasteiger partial charge in [0, 0.05) is 81.2 Å². The van der Waals surface area contributed by atoms with E-state index in [0.717, 1.165) is 143 Å². The van der Waals surface area contributed by atoms with Gasteiger partial charge in [0.1, 0.15) is 51.3 Å². The quantitative estimate of drug-likeness (QED) is 0.00451. The molecule has 11 fully saturated rings. The van der Waals surface area contributed by atoms with Crippen molar-refractivity contribution in [3.63, 3.8) is 0 Å². The summed E-state index contributed by atoms with van der Waals surface area (Å²) in [5.41, 5.74) is 8.55. The third kappa shape index (κ3) is 43.5. The molecule has 5 N–H and O–H groups in total. The first-order valence-corrected chi connectivity index (χ1v) is 42.2. The van der Waals surface area contributed by atoms with Crippen LogP contribution >= 0.6 is 12.0 Å². The van der Waals surface area contributed by atoms with Crippen molar-refractivity contribution in [2.45, 2.75) is 162 Å². The number of amides is 5. The summed E-state index contributed by atoms with van der Waals surface area (Å²) in [6.07, 6.45) is 10.1. The number of epoxide rings is 9. The van der Waals surface area contributed by atoms with Crippen LogP contribution in [0.2, 0.25) is 0 Å². The van der Waals surface area contributed by atoms with E-state index in [9.17, 15) is 47.0 Å². The molecule has 5 amide bonds. The Morgan fingerprint density at radius 3 is 1.21 bits per heavy atom. The third-order valence-corrected chi connectivity index (χ3v) is 21.1. The van der Waals surface area contributed by atoms with Crippen molar-refractivity contribution >= 4 is 86.5 Å². The van der Waals surface area contributed by atoms with Crippen LogP contribution in [0, 0.1) is 0 Å². The van der Waals surface area contributed by atoms with Gasteiger partial charge in [-0.3, -0.25) is 34.4 Å². The Balaban J connectivity index is 0.000000242. The maximum atomic E-state index is 12.0. The van der Waals surface area contributed by atoms with Gasteiger partial charge in [-0.1, -0.05) is 49.9 Å². The summed E-state index contributed by atoms with van der Waals surface area (Å²) in [6.45, 7) is 19.1. The number of nitrogens with zero attached hydrogens (tertiary/aromatic N) is 5. The van der Waals surface area contributed by atoms with Gasteiger partial charge in [-0.15, -0.1) is 5.06 Å². The SMILES string of the molecule is C(COCCOCC1CO1)OCCOCC1CO1.COC(=[NH2+])CCCCCC(=[NH2+])OC.O=C(CCCCCCCC(=O)ON1C(=O)CC(S(=O)(=O)[O-])C1=O)NN1C(=O)CC(SOO[O-])C1=O.[Cl-].[Cl-].[Na+].[Na+].c1cc(N(CC2CO2)CC2CO2)ccc1Cc1ccc(N(CC2CO2)CC2CO2)cc1.c1cc(N(CC2CO2)CC2CO2)ccc1OCC1CO1. The zero-order valence-electron chi connectivity index (χ0n) is 69.2. The fourth-order valence-corrected chi connectivity index (χ4v) is 13.1. The van der Waals surface area contributed by atoms with Gasteiger partial charge in [0.15, 0.2) is 0 Å². The number of hydroxylamine groups is 2. The number of rotatable bonds is 53. The van der Waals surface area contributed by atoms with Crippen molar-refractivity contribution in [1.29, 1.82) is 0 Å². The van der Waals surface area contributed by atoms with Crippen LogP contribution in [0.5, 0.6) is 5.75 Å². The molecule has 11 aliphatic heterocycles. The number of nitrogens with one attached hydrogen (secondary N) is 1. The van der Waals surface area contributed by atoms with Gasteiger partial charge in [0.25, 0.3) is 17.7 Å². The number of halogens is 2. The van der Waals surface area contributed by atoms with E-state index in [1.165, 1.54) is 28.2 Å². The van der Waals surface area contributed by atoms with Crippen molar-refractivity contribution in [2.24, 2.45) is 0 Å². The van der Waals surface area contributed by atoms with Gasteiger partial charge in [0.2, 0.25) is 11.8 Å². The standard InChI is InChI=1S/C25H30N2O4.C17H23N3O13S2.C15H19NO4.C12H22O6.C9H18N2O2.2ClH.2Na/c1-5-20(26(10-22-14-28-22)11-23-15-29-23)6-2-18(1)9-19-3-7-21(8-4-19)27(12-24-16-30-24)13-25-17-31-25;21-12(18-19-13(22)8-10(16(19)25)34-33-32-27)6-4-2-1-3-5-7-15(24)31-20-14(23)9-11(17(20)26)35(28,29)30;1-3-12(17-9-15-10-20-15)4-2-11(1)16(5-13-7-18-13)6-14-8-19-14;1(13-3-5-15-7-11-9-17-11)2-14-4-6-16-8-12-10-18-12;1-12-8(10)6-4-3-5-7-9(11)13-2;;;;/h1-8,22-25H,9-17H2;10-11,27H,1-9H2,(H,18,21)(H,28,29,30);1-4,13-15H,5-10H2;11-12H,1-10H2;10-11H,3-7H2,1-2H3;2*1H;;/q;;;;;;;2*+1/p-2. The molecule has 14 rings (SSSR count). The van der Waals surface area contributed by atoms with Crippen LogP contribution in [0.3, 0.4) is 0 Å². The van der Waals surface area contributed by atoms with Gasteiger partial charge >= 0.3 is 76.9 Å². The number of ether oxygens (including phenoxy) is 16. The molecule has 121 heavy (non-hydrogen) atoms. The minimum atomic E-state index is -5.05. The minimum Gasteiger partial charge on any atom is -1.00 e. The van der Waals surface area contributed by atoms with Crippen LogP contribution in [0.4, 0.5) is 17.1 Å². The summed E-state index contributed by atoms with van der Waals surface area (Å²) in [4.78, 5) is 82.6. The molecule has 0 aliphatic carbocycles. The average Bonchev–Trinajstić information content (AvgIpc) is 1.65.